The summed E-state index contributed by atoms with van der Waals surface area (Å²) in [4.78, 5) is 12.5. The second-order valence-corrected chi connectivity index (χ2v) is 5.54. The van der Waals surface area contributed by atoms with Gasteiger partial charge in [0.2, 0.25) is 5.75 Å². The molecule has 0 saturated heterocycles. The van der Waals surface area contributed by atoms with E-state index in [0.29, 0.717) is 39.6 Å². The first-order valence-corrected chi connectivity index (χ1v) is 7.87. The Morgan fingerprint density at radius 1 is 0.885 bits per heavy atom. The Morgan fingerprint density at radius 2 is 1.58 bits per heavy atom. The maximum absolute atomic E-state index is 12.5. The highest BCUT2D eigenvalue weighted by Crippen LogP contribution is 2.42. The van der Waals surface area contributed by atoms with Gasteiger partial charge in [-0.2, -0.15) is 0 Å². The van der Waals surface area contributed by atoms with Crippen molar-refractivity contribution in [2.75, 3.05) is 27.1 Å². The van der Waals surface area contributed by atoms with Gasteiger partial charge in [-0.3, -0.25) is 0 Å². The predicted octanol–water partition coefficient (Wildman–Crippen LogP) is 3.58. The molecule has 6 heteroatoms. The average molecular weight is 353 g/mol. The van der Waals surface area contributed by atoms with E-state index in [4.69, 9.17) is 24.4 Å². The second kappa shape index (κ2) is 7.23. The molecule has 3 rings (SSSR count). The van der Waals surface area contributed by atoms with Crippen LogP contribution in [0.1, 0.15) is 0 Å². The van der Waals surface area contributed by atoms with Gasteiger partial charge in [-0.1, -0.05) is 12.1 Å². The normalized spacial score (nSPS) is 10.4. The first-order valence-electron chi connectivity index (χ1n) is 7.87. The number of rotatable bonds is 5. The highest BCUT2D eigenvalue weighted by atomic mass is 16.5. The Morgan fingerprint density at radius 3 is 2.15 bits per heavy atom. The predicted molar refractivity (Wildman–Crippen MR) is 99.9 cm³/mol. The van der Waals surface area contributed by atoms with Gasteiger partial charge in [0.05, 0.1) is 33.2 Å². The lowest BCUT2D eigenvalue weighted by molar-refractivity contribution is 0.324. The van der Waals surface area contributed by atoms with E-state index in [1.807, 2.05) is 12.1 Å². The van der Waals surface area contributed by atoms with Crippen molar-refractivity contribution in [2.45, 2.75) is 0 Å². The highest BCUT2D eigenvalue weighted by Gasteiger charge is 2.19. The van der Waals surface area contributed by atoms with Crippen LogP contribution in [0.2, 0.25) is 0 Å². The summed E-state index contributed by atoms with van der Waals surface area (Å²) in [5.41, 5.74) is 8.50. The van der Waals surface area contributed by atoms with Crippen molar-refractivity contribution in [3.63, 3.8) is 0 Å². The van der Waals surface area contributed by atoms with Crippen molar-refractivity contribution in [1.82, 2.24) is 0 Å². The van der Waals surface area contributed by atoms with Gasteiger partial charge in [0.15, 0.2) is 11.5 Å². The van der Waals surface area contributed by atoms with Gasteiger partial charge in [-0.25, -0.2) is 4.79 Å². The number of ether oxygens (including phenoxy) is 3. The summed E-state index contributed by atoms with van der Waals surface area (Å²) in [6.45, 7) is 0. The molecule has 0 spiro atoms. The summed E-state index contributed by atoms with van der Waals surface area (Å²) in [5.74, 6) is 1.34. The molecule has 2 N–H and O–H groups in total. The molecule has 3 aromatic rings. The lowest BCUT2D eigenvalue weighted by Crippen LogP contribution is -2.05. The summed E-state index contributed by atoms with van der Waals surface area (Å²) >= 11 is 0. The lowest BCUT2D eigenvalue weighted by atomic mass is 9.96. The number of hydrogen-bond donors (Lipinski definition) is 1. The smallest absolute Gasteiger partial charge is 0.344 e. The minimum atomic E-state index is -0.473. The molecular weight excluding hydrogens is 334 g/mol. The molecule has 0 aliphatic carbocycles. The van der Waals surface area contributed by atoms with Gasteiger partial charge >= 0.3 is 5.63 Å². The Labute approximate surface area is 150 Å². The fraction of sp³-hybridized carbons (Fsp3) is 0.150. The fourth-order valence-corrected chi connectivity index (χ4v) is 2.86. The summed E-state index contributed by atoms with van der Waals surface area (Å²) in [6, 6.07) is 12.5. The summed E-state index contributed by atoms with van der Waals surface area (Å²) < 4.78 is 21.2. The van der Waals surface area contributed by atoms with E-state index < -0.39 is 5.63 Å². The van der Waals surface area contributed by atoms with E-state index in [2.05, 4.69) is 0 Å². The molecule has 2 aromatic carbocycles. The van der Waals surface area contributed by atoms with Crippen LogP contribution in [-0.2, 0) is 0 Å². The molecule has 0 amide bonds. The SMILES string of the molecule is COc1cc(-c2c(-c3cccc(N)c3)ccoc2=O)cc(OC)c1OC. The minimum Gasteiger partial charge on any atom is -0.493 e. The third kappa shape index (κ3) is 3.09. The van der Waals surface area contributed by atoms with Crippen molar-refractivity contribution >= 4 is 5.69 Å². The Bertz CT molecular complexity index is 968. The zero-order chi connectivity index (χ0) is 18.7. The monoisotopic (exact) mass is 353 g/mol. The van der Waals surface area contributed by atoms with Crippen molar-refractivity contribution in [2.24, 2.45) is 0 Å². The molecule has 6 nitrogen and oxygen atoms in total. The maximum Gasteiger partial charge on any atom is 0.344 e. The molecule has 0 saturated carbocycles. The first kappa shape index (κ1) is 17.4. The lowest BCUT2D eigenvalue weighted by Gasteiger charge is -2.15. The molecule has 0 unspecified atom stereocenters. The van der Waals surface area contributed by atoms with Gasteiger partial charge in [0.1, 0.15) is 0 Å². The summed E-state index contributed by atoms with van der Waals surface area (Å²) in [6.07, 6.45) is 1.36. The Hall–Kier alpha value is -3.41. The topological polar surface area (TPSA) is 83.9 Å². The van der Waals surface area contributed by atoms with Crippen LogP contribution in [0.4, 0.5) is 5.69 Å². The molecule has 0 radical (unpaired) electrons. The van der Waals surface area contributed by atoms with E-state index in [9.17, 15) is 4.79 Å². The standard InChI is InChI=1S/C20H19NO5/c1-23-16-10-13(11-17(24-2)19(16)25-3)18-15(7-8-26-20(18)22)12-5-4-6-14(21)9-12/h4-11H,21H2,1-3H3. The van der Waals surface area contributed by atoms with Crippen LogP contribution in [0, 0.1) is 0 Å². The molecule has 0 aliphatic heterocycles. The number of hydrogen-bond acceptors (Lipinski definition) is 6. The van der Waals surface area contributed by atoms with Crippen LogP contribution in [0.15, 0.2) is 57.9 Å². The summed E-state index contributed by atoms with van der Waals surface area (Å²) in [5, 5.41) is 0. The molecule has 0 atom stereocenters. The number of nitrogens with two attached hydrogens (primary N) is 1. The third-order valence-corrected chi connectivity index (χ3v) is 4.03. The van der Waals surface area contributed by atoms with E-state index in [0.717, 1.165) is 5.56 Å². The maximum atomic E-state index is 12.5. The number of nitrogen functional groups attached to an aromatic ring is 1. The number of anilines is 1. The van der Waals surface area contributed by atoms with E-state index >= 15 is 0 Å². The van der Waals surface area contributed by atoms with E-state index in [1.165, 1.54) is 27.6 Å². The molecule has 0 bridgehead atoms. The molecule has 0 aliphatic rings. The number of benzene rings is 2. The summed E-state index contributed by atoms with van der Waals surface area (Å²) in [7, 11) is 4.57. The quantitative estimate of drug-likeness (QED) is 0.706. The van der Waals surface area contributed by atoms with Crippen LogP contribution in [0.25, 0.3) is 22.3 Å². The van der Waals surface area contributed by atoms with Crippen LogP contribution >= 0.6 is 0 Å². The minimum absolute atomic E-state index is 0.386. The van der Waals surface area contributed by atoms with E-state index in [-0.39, 0.29) is 0 Å². The largest absolute Gasteiger partial charge is 0.493 e. The zero-order valence-electron chi connectivity index (χ0n) is 14.7. The molecule has 1 heterocycles. The Balaban J connectivity index is 2.30. The van der Waals surface area contributed by atoms with Crippen LogP contribution in [0.3, 0.4) is 0 Å². The number of methoxy groups -OCH3 is 3. The molecule has 0 fully saturated rings. The van der Waals surface area contributed by atoms with Gasteiger partial charge < -0.3 is 24.4 Å². The van der Waals surface area contributed by atoms with Crippen molar-refractivity contribution in [3.05, 3.63) is 59.1 Å². The van der Waals surface area contributed by atoms with E-state index in [1.54, 1.807) is 30.3 Å². The van der Waals surface area contributed by atoms with Crippen molar-refractivity contribution in [3.8, 4) is 39.5 Å². The van der Waals surface area contributed by atoms with Crippen LogP contribution in [-0.4, -0.2) is 21.3 Å². The zero-order valence-corrected chi connectivity index (χ0v) is 14.7. The van der Waals surface area contributed by atoms with Gasteiger partial charge in [0.25, 0.3) is 0 Å². The van der Waals surface area contributed by atoms with Crippen LogP contribution in [0.5, 0.6) is 17.2 Å². The van der Waals surface area contributed by atoms with Gasteiger partial charge in [0, 0.05) is 5.69 Å². The van der Waals surface area contributed by atoms with Gasteiger partial charge in [-0.15, -0.1) is 0 Å². The second-order valence-electron chi connectivity index (χ2n) is 5.54. The van der Waals surface area contributed by atoms with Crippen molar-refractivity contribution < 1.29 is 18.6 Å². The van der Waals surface area contributed by atoms with Crippen molar-refractivity contribution in [1.29, 1.82) is 0 Å². The Kier molecular flexibility index (Phi) is 4.84. The molecule has 26 heavy (non-hydrogen) atoms. The highest BCUT2D eigenvalue weighted by molar-refractivity contribution is 5.85. The molecular formula is C20H19NO5. The average Bonchev–Trinajstić information content (AvgIpc) is 2.66. The molecule has 134 valence electrons. The van der Waals surface area contributed by atoms with Gasteiger partial charge in [-0.05, 0) is 47.0 Å². The third-order valence-electron chi connectivity index (χ3n) is 4.03. The fourth-order valence-electron chi connectivity index (χ4n) is 2.86. The first-order chi connectivity index (χ1) is 12.6. The molecule has 1 aromatic heterocycles. The van der Waals surface area contributed by atoms with Crippen LogP contribution < -0.4 is 25.6 Å².